The first-order valence-corrected chi connectivity index (χ1v) is 6.89. The van der Waals surface area contributed by atoms with Crippen LogP contribution < -0.4 is 5.73 Å². The molecule has 0 spiro atoms. The topological polar surface area (TPSA) is 105 Å². The van der Waals surface area contributed by atoms with Crippen molar-refractivity contribution in [1.29, 1.82) is 0 Å². The van der Waals surface area contributed by atoms with Crippen LogP contribution in [0, 0.1) is 0 Å². The van der Waals surface area contributed by atoms with Crippen LogP contribution in [0.3, 0.4) is 0 Å². The van der Waals surface area contributed by atoms with Gasteiger partial charge in [-0.05, 0) is 6.42 Å². The fourth-order valence-electron chi connectivity index (χ4n) is 1.38. The minimum absolute atomic E-state index is 0.0167. The Kier molecular flexibility index (Phi) is 4.54. The van der Waals surface area contributed by atoms with Crippen LogP contribution in [0.4, 0.5) is 0 Å². The zero-order valence-corrected chi connectivity index (χ0v) is 11.3. The Morgan fingerprint density at radius 2 is 2.35 bits per heavy atom. The van der Waals surface area contributed by atoms with Crippen LogP contribution in [0.2, 0.25) is 0 Å². The first-order chi connectivity index (χ1) is 7.89. The molecule has 3 N–H and O–H groups in total. The highest BCUT2D eigenvalue weighted by atomic mass is 32.2. The number of nitrogens with two attached hydrogens (primary N) is 1. The average Bonchev–Trinajstić information content (AvgIpc) is 2.70. The molecule has 0 aliphatic rings. The summed E-state index contributed by atoms with van der Waals surface area (Å²) < 4.78 is 25.4. The second kappa shape index (κ2) is 5.52. The molecule has 0 amide bonds. The molecule has 0 saturated heterocycles. The summed E-state index contributed by atoms with van der Waals surface area (Å²) in [6.45, 7) is 1.84. The van der Waals surface area contributed by atoms with E-state index in [4.69, 9.17) is 18.0 Å². The Bertz CT molecular complexity index is 470. The van der Waals surface area contributed by atoms with Gasteiger partial charge in [0.15, 0.2) is 0 Å². The summed E-state index contributed by atoms with van der Waals surface area (Å²) in [5, 5.41) is 5.40. The number of sulfonamides is 1. The van der Waals surface area contributed by atoms with E-state index in [2.05, 4.69) is 15.2 Å². The smallest absolute Gasteiger partial charge is 0.223 e. The van der Waals surface area contributed by atoms with Crippen molar-refractivity contribution in [2.24, 2.45) is 5.73 Å². The van der Waals surface area contributed by atoms with Crippen LogP contribution in [0.15, 0.2) is 6.33 Å². The Balaban J connectivity index is 2.86. The third-order valence-corrected chi connectivity index (χ3v) is 5.06. The van der Waals surface area contributed by atoms with Crippen LogP contribution >= 0.6 is 12.2 Å². The molecule has 0 aliphatic heterocycles. The summed E-state index contributed by atoms with van der Waals surface area (Å²) in [5.74, 6) is 0.467. The van der Waals surface area contributed by atoms with E-state index in [1.807, 2.05) is 0 Å². The predicted octanol–water partition coefficient (Wildman–Crippen LogP) is -0.369. The maximum absolute atomic E-state index is 12.1. The van der Waals surface area contributed by atoms with Gasteiger partial charge in [-0.2, -0.15) is 9.40 Å². The molecule has 17 heavy (non-hydrogen) atoms. The zero-order chi connectivity index (χ0) is 13.1. The van der Waals surface area contributed by atoms with Crippen molar-refractivity contribution in [1.82, 2.24) is 19.5 Å². The number of thiocarbonyl (C=S) groups is 1. The summed E-state index contributed by atoms with van der Waals surface area (Å²) in [5.41, 5.74) is 5.43. The molecule has 1 aromatic rings. The quantitative estimate of drug-likeness (QED) is 0.687. The molecule has 9 heteroatoms. The van der Waals surface area contributed by atoms with E-state index in [0.717, 1.165) is 0 Å². The summed E-state index contributed by atoms with van der Waals surface area (Å²) in [4.78, 5) is 3.85. The van der Waals surface area contributed by atoms with Crippen molar-refractivity contribution < 1.29 is 8.42 Å². The molecular weight excluding hydrogens is 262 g/mol. The Hall–Kier alpha value is -1.06. The molecule has 1 heterocycles. The van der Waals surface area contributed by atoms with Crippen LogP contribution in [0.5, 0.6) is 0 Å². The lowest BCUT2D eigenvalue weighted by molar-refractivity contribution is 0.452. The van der Waals surface area contributed by atoms with Gasteiger partial charge < -0.3 is 5.73 Å². The monoisotopic (exact) mass is 277 g/mol. The number of hydrogen-bond donors (Lipinski definition) is 2. The molecular formula is C8H15N5O2S2. The van der Waals surface area contributed by atoms with E-state index in [-0.39, 0.29) is 11.5 Å². The molecule has 0 fully saturated rings. The molecule has 1 rings (SSSR count). The highest BCUT2D eigenvalue weighted by Gasteiger charge is 2.30. The van der Waals surface area contributed by atoms with Crippen molar-refractivity contribution >= 4 is 27.2 Å². The van der Waals surface area contributed by atoms with Crippen molar-refractivity contribution in [3.63, 3.8) is 0 Å². The van der Waals surface area contributed by atoms with Gasteiger partial charge in [-0.15, -0.1) is 0 Å². The molecule has 0 bridgehead atoms. The Morgan fingerprint density at radius 1 is 1.71 bits per heavy atom. The third kappa shape index (κ3) is 3.20. The highest BCUT2D eigenvalue weighted by molar-refractivity contribution is 7.92. The highest BCUT2D eigenvalue weighted by Crippen LogP contribution is 2.13. The molecule has 1 aromatic heterocycles. The number of nitrogens with one attached hydrogen (secondary N) is 1. The van der Waals surface area contributed by atoms with Gasteiger partial charge in [-0.3, -0.25) is 5.10 Å². The standard InChI is InChI=1S/C8H15N5O2S2/c1-3-6(8(9)16)17(14,15)13(2)4-7-10-5-11-12-7/h5-6H,3-4H2,1-2H3,(H2,9,16)(H,10,11,12). The Morgan fingerprint density at radius 3 is 2.76 bits per heavy atom. The average molecular weight is 277 g/mol. The van der Waals surface area contributed by atoms with Gasteiger partial charge in [0.1, 0.15) is 17.4 Å². The zero-order valence-electron chi connectivity index (χ0n) is 9.62. The first kappa shape index (κ1) is 14.0. The maximum Gasteiger partial charge on any atom is 0.223 e. The molecule has 0 aliphatic carbocycles. The minimum Gasteiger partial charge on any atom is -0.392 e. The number of aromatic amines is 1. The largest absolute Gasteiger partial charge is 0.392 e. The van der Waals surface area contributed by atoms with Gasteiger partial charge in [0.05, 0.1) is 11.5 Å². The third-order valence-electron chi connectivity index (χ3n) is 2.32. The van der Waals surface area contributed by atoms with E-state index in [1.54, 1.807) is 6.92 Å². The summed E-state index contributed by atoms with van der Waals surface area (Å²) >= 11 is 4.77. The van der Waals surface area contributed by atoms with Crippen LogP contribution in [-0.4, -0.2) is 45.2 Å². The number of H-pyrrole nitrogens is 1. The Labute approximate surface area is 105 Å². The SMILES string of the molecule is CCC(C(N)=S)S(=O)(=O)N(C)Cc1ncn[nH]1. The number of aromatic nitrogens is 3. The first-order valence-electron chi connectivity index (χ1n) is 4.98. The fourth-order valence-corrected chi connectivity index (χ4v) is 3.37. The van der Waals surface area contributed by atoms with Gasteiger partial charge in [0.2, 0.25) is 10.0 Å². The van der Waals surface area contributed by atoms with E-state index in [9.17, 15) is 8.42 Å². The predicted molar refractivity (Wildman–Crippen MR) is 67.6 cm³/mol. The van der Waals surface area contributed by atoms with E-state index >= 15 is 0 Å². The van der Waals surface area contributed by atoms with Crippen LogP contribution in [0.1, 0.15) is 19.2 Å². The van der Waals surface area contributed by atoms with Gasteiger partial charge in [-0.25, -0.2) is 13.4 Å². The fraction of sp³-hybridized carbons (Fsp3) is 0.625. The summed E-state index contributed by atoms with van der Waals surface area (Å²) in [6, 6.07) is 0. The van der Waals surface area contributed by atoms with Crippen molar-refractivity contribution in [2.75, 3.05) is 7.05 Å². The molecule has 7 nitrogen and oxygen atoms in total. The maximum atomic E-state index is 12.1. The lowest BCUT2D eigenvalue weighted by Gasteiger charge is -2.21. The second-order valence-electron chi connectivity index (χ2n) is 3.53. The van der Waals surface area contributed by atoms with Gasteiger partial charge in [0.25, 0.3) is 0 Å². The number of hydrogen-bond acceptors (Lipinski definition) is 5. The van der Waals surface area contributed by atoms with E-state index in [0.29, 0.717) is 12.2 Å². The molecule has 96 valence electrons. The number of nitrogens with zero attached hydrogens (tertiary/aromatic N) is 3. The van der Waals surface area contributed by atoms with Gasteiger partial charge in [-0.1, -0.05) is 19.1 Å². The number of rotatable bonds is 6. The molecule has 0 saturated carbocycles. The normalized spacial score (nSPS) is 13.8. The second-order valence-corrected chi connectivity index (χ2v) is 6.23. The van der Waals surface area contributed by atoms with Crippen molar-refractivity contribution in [3.8, 4) is 0 Å². The lowest BCUT2D eigenvalue weighted by atomic mass is 10.3. The van der Waals surface area contributed by atoms with Crippen molar-refractivity contribution in [3.05, 3.63) is 12.2 Å². The minimum atomic E-state index is -3.55. The van der Waals surface area contributed by atoms with Crippen LogP contribution in [0.25, 0.3) is 0 Å². The van der Waals surface area contributed by atoms with E-state index in [1.165, 1.54) is 17.7 Å². The van der Waals surface area contributed by atoms with Gasteiger partial charge in [0, 0.05) is 7.05 Å². The van der Waals surface area contributed by atoms with E-state index < -0.39 is 15.3 Å². The van der Waals surface area contributed by atoms with Crippen molar-refractivity contribution in [2.45, 2.75) is 25.1 Å². The molecule has 1 unspecified atom stereocenters. The molecule has 1 atom stereocenters. The lowest BCUT2D eigenvalue weighted by Crippen LogP contribution is -2.42. The molecule has 0 aromatic carbocycles. The summed E-state index contributed by atoms with van der Waals surface area (Å²) in [6.07, 6.45) is 1.67. The van der Waals surface area contributed by atoms with Gasteiger partial charge >= 0.3 is 0 Å². The molecule has 0 radical (unpaired) electrons. The summed E-state index contributed by atoms with van der Waals surface area (Å²) in [7, 11) is -2.09. The van der Waals surface area contributed by atoms with Crippen LogP contribution in [-0.2, 0) is 16.6 Å².